The van der Waals surface area contributed by atoms with Gasteiger partial charge in [0.15, 0.2) is 5.78 Å². The van der Waals surface area contributed by atoms with Gasteiger partial charge in [-0.2, -0.15) is 0 Å². The lowest BCUT2D eigenvalue weighted by Crippen LogP contribution is -2.31. The zero-order chi connectivity index (χ0) is 11.1. The maximum atomic E-state index is 11.5. The summed E-state index contributed by atoms with van der Waals surface area (Å²) in [4.78, 5) is 11.5. The number of rotatable bonds is 7. The lowest BCUT2D eigenvalue weighted by Gasteiger charge is -2.07. The van der Waals surface area contributed by atoms with Gasteiger partial charge in [-0.05, 0) is 18.6 Å². The van der Waals surface area contributed by atoms with Crippen molar-refractivity contribution in [2.45, 2.75) is 31.6 Å². The van der Waals surface area contributed by atoms with Crippen LogP contribution < -0.4 is 5.73 Å². The first-order valence-corrected chi connectivity index (χ1v) is 6.28. The zero-order valence-corrected chi connectivity index (χ0v) is 9.76. The molecular formula is C11H17NO2S. The standard InChI is InChI=1S/C11H17NO2S/c1-2-4-10(12)11(13)8-15-7-9-5-3-6-14-9/h3,5-6,10H,2,4,7-8,12H2,1H3/t10-/m0/s1. The van der Waals surface area contributed by atoms with Crippen LogP contribution in [0.1, 0.15) is 25.5 Å². The van der Waals surface area contributed by atoms with E-state index in [1.165, 1.54) is 0 Å². The van der Waals surface area contributed by atoms with Crippen molar-refractivity contribution in [3.8, 4) is 0 Å². The molecular weight excluding hydrogens is 210 g/mol. The molecule has 1 heterocycles. The van der Waals surface area contributed by atoms with E-state index in [9.17, 15) is 4.79 Å². The number of thioether (sulfide) groups is 1. The van der Waals surface area contributed by atoms with Crippen LogP contribution in [-0.2, 0) is 10.5 Å². The van der Waals surface area contributed by atoms with Gasteiger partial charge in [0.2, 0.25) is 0 Å². The molecule has 0 radical (unpaired) electrons. The lowest BCUT2D eigenvalue weighted by atomic mass is 10.1. The number of nitrogens with two attached hydrogens (primary N) is 1. The fourth-order valence-corrected chi connectivity index (χ4v) is 2.11. The molecule has 3 nitrogen and oxygen atoms in total. The van der Waals surface area contributed by atoms with Crippen LogP contribution in [0.2, 0.25) is 0 Å². The molecule has 2 N–H and O–H groups in total. The first-order valence-electron chi connectivity index (χ1n) is 5.12. The van der Waals surface area contributed by atoms with Crippen molar-refractivity contribution in [2.24, 2.45) is 5.73 Å². The Kier molecular flexibility index (Phi) is 5.50. The first-order chi connectivity index (χ1) is 7.24. The molecule has 0 aliphatic rings. The second kappa shape index (κ2) is 6.69. The van der Waals surface area contributed by atoms with Gasteiger partial charge in [0, 0.05) is 0 Å². The Morgan fingerprint density at radius 2 is 2.47 bits per heavy atom. The summed E-state index contributed by atoms with van der Waals surface area (Å²) in [6, 6.07) is 3.46. The number of carbonyl (C=O) groups is 1. The Balaban J connectivity index is 2.17. The summed E-state index contributed by atoms with van der Waals surface area (Å²) in [5.41, 5.74) is 5.70. The molecule has 4 heteroatoms. The van der Waals surface area contributed by atoms with E-state index in [1.54, 1.807) is 18.0 Å². The fraction of sp³-hybridized carbons (Fsp3) is 0.545. The smallest absolute Gasteiger partial charge is 0.159 e. The van der Waals surface area contributed by atoms with Gasteiger partial charge in [-0.3, -0.25) is 4.79 Å². The molecule has 0 bridgehead atoms. The Labute approximate surface area is 94.4 Å². The van der Waals surface area contributed by atoms with Crippen LogP contribution >= 0.6 is 11.8 Å². The Morgan fingerprint density at radius 3 is 3.07 bits per heavy atom. The molecule has 1 aromatic heterocycles. The van der Waals surface area contributed by atoms with Gasteiger partial charge < -0.3 is 10.2 Å². The monoisotopic (exact) mass is 227 g/mol. The molecule has 0 amide bonds. The molecule has 0 fully saturated rings. The van der Waals surface area contributed by atoms with Crippen molar-refractivity contribution in [1.82, 2.24) is 0 Å². The van der Waals surface area contributed by atoms with Crippen LogP contribution in [0.5, 0.6) is 0 Å². The van der Waals surface area contributed by atoms with Crippen molar-refractivity contribution >= 4 is 17.5 Å². The average Bonchev–Trinajstić information content (AvgIpc) is 2.71. The Hall–Kier alpha value is -0.740. The van der Waals surface area contributed by atoms with Crippen molar-refractivity contribution in [3.05, 3.63) is 24.2 Å². The molecule has 0 aliphatic carbocycles. The third kappa shape index (κ3) is 4.53. The molecule has 15 heavy (non-hydrogen) atoms. The molecule has 0 unspecified atom stereocenters. The maximum Gasteiger partial charge on any atom is 0.159 e. The minimum Gasteiger partial charge on any atom is -0.468 e. The van der Waals surface area contributed by atoms with Crippen molar-refractivity contribution < 1.29 is 9.21 Å². The topological polar surface area (TPSA) is 56.2 Å². The summed E-state index contributed by atoms with van der Waals surface area (Å²) in [7, 11) is 0. The summed E-state index contributed by atoms with van der Waals surface area (Å²) >= 11 is 1.55. The van der Waals surface area contributed by atoms with Crippen molar-refractivity contribution in [3.63, 3.8) is 0 Å². The molecule has 84 valence electrons. The van der Waals surface area contributed by atoms with E-state index in [1.807, 2.05) is 19.1 Å². The van der Waals surface area contributed by atoms with Crippen LogP contribution in [0.4, 0.5) is 0 Å². The Morgan fingerprint density at radius 1 is 1.67 bits per heavy atom. The molecule has 0 aromatic carbocycles. The number of Topliss-reactive ketones (excluding diaryl/α,β-unsaturated/α-hetero) is 1. The highest BCUT2D eigenvalue weighted by atomic mass is 32.2. The second-order valence-electron chi connectivity index (χ2n) is 3.43. The predicted octanol–water partition coefficient (Wildman–Crippen LogP) is 2.21. The normalized spacial score (nSPS) is 12.7. The predicted molar refractivity (Wildman–Crippen MR) is 62.8 cm³/mol. The van der Waals surface area contributed by atoms with Gasteiger partial charge in [-0.15, -0.1) is 11.8 Å². The van der Waals surface area contributed by atoms with Gasteiger partial charge >= 0.3 is 0 Å². The third-order valence-electron chi connectivity index (χ3n) is 2.08. The fourth-order valence-electron chi connectivity index (χ4n) is 1.23. The SMILES string of the molecule is CCC[C@H](N)C(=O)CSCc1ccco1. The Bertz CT molecular complexity index is 285. The van der Waals surface area contributed by atoms with Gasteiger partial charge in [0.25, 0.3) is 0 Å². The minimum atomic E-state index is -0.292. The minimum absolute atomic E-state index is 0.133. The van der Waals surface area contributed by atoms with Gasteiger partial charge in [-0.1, -0.05) is 13.3 Å². The van der Waals surface area contributed by atoms with E-state index in [0.717, 1.165) is 24.4 Å². The van der Waals surface area contributed by atoms with Crippen molar-refractivity contribution in [1.29, 1.82) is 0 Å². The molecule has 1 aromatic rings. The number of hydrogen-bond acceptors (Lipinski definition) is 4. The van der Waals surface area contributed by atoms with Crippen LogP contribution in [0.15, 0.2) is 22.8 Å². The molecule has 1 atom stereocenters. The highest BCUT2D eigenvalue weighted by Gasteiger charge is 2.12. The summed E-state index contributed by atoms with van der Waals surface area (Å²) in [6.45, 7) is 2.03. The van der Waals surface area contributed by atoms with Gasteiger partial charge in [-0.25, -0.2) is 0 Å². The lowest BCUT2D eigenvalue weighted by molar-refractivity contribution is -0.117. The van der Waals surface area contributed by atoms with Crippen LogP contribution in [0.25, 0.3) is 0 Å². The average molecular weight is 227 g/mol. The van der Waals surface area contributed by atoms with E-state index in [0.29, 0.717) is 5.75 Å². The highest BCUT2D eigenvalue weighted by Crippen LogP contribution is 2.13. The van der Waals surface area contributed by atoms with Gasteiger partial charge in [0.1, 0.15) is 5.76 Å². The number of hydrogen-bond donors (Lipinski definition) is 1. The van der Waals surface area contributed by atoms with Crippen LogP contribution in [0.3, 0.4) is 0 Å². The number of carbonyl (C=O) groups excluding carboxylic acids is 1. The van der Waals surface area contributed by atoms with E-state index < -0.39 is 0 Å². The summed E-state index contributed by atoms with van der Waals surface area (Å²) in [5, 5.41) is 0. The molecule has 0 saturated carbocycles. The zero-order valence-electron chi connectivity index (χ0n) is 8.94. The largest absolute Gasteiger partial charge is 0.468 e. The van der Waals surface area contributed by atoms with Crippen molar-refractivity contribution in [2.75, 3.05) is 5.75 Å². The summed E-state index contributed by atoms with van der Waals surface area (Å²) < 4.78 is 5.16. The molecule has 0 spiro atoms. The van der Waals surface area contributed by atoms with E-state index in [-0.39, 0.29) is 11.8 Å². The summed E-state index contributed by atoms with van der Waals surface area (Å²) in [6.07, 6.45) is 3.37. The maximum absolute atomic E-state index is 11.5. The van der Waals surface area contributed by atoms with E-state index in [4.69, 9.17) is 10.2 Å². The van der Waals surface area contributed by atoms with E-state index in [2.05, 4.69) is 0 Å². The number of furan rings is 1. The summed E-state index contributed by atoms with van der Waals surface area (Å²) in [5.74, 6) is 2.24. The van der Waals surface area contributed by atoms with Gasteiger partial charge in [0.05, 0.1) is 23.8 Å². The number of ketones is 1. The van der Waals surface area contributed by atoms with Crippen LogP contribution in [-0.4, -0.2) is 17.6 Å². The molecule has 1 rings (SSSR count). The molecule has 0 saturated heterocycles. The van der Waals surface area contributed by atoms with Crippen LogP contribution in [0, 0.1) is 0 Å². The highest BCUT2D eigenvalue weighted by molar-refractivity contribution is 7.99. The van der Waals surface area contributed by atoms with E-state index >= 15 is 0 Å². The third-order valence-corrected chi connectivity index (χ3v) is 3.06. The second-order valence-corrected chi connectivity index (χ2v) is 4.42. The quantitative estimate of drug-likeness (QED) is 0.776. The first kappa shape index (κ1) is 12.3. The molecule has 0 aliphatic heterocycles.